The van der Waals surface area contributed by atoms with Crippen LogP contribution in [0.5, 0.6) is 0 Å². The molecule has 2 aromatic carbocycles. The monoisotopic (exact) mass is 403 g/mol. The Morgan fingerprint density at radius 3 is 2.63 bits per heavy atom. The Hall–Kier alpha value is -0.980. The van der Waals surface area contributed by atoms with Crippen molar-refractivity contribution in [2.24, 2.45) is 0 Å². The molecule has 3 aromatic rings. The maximum atomic E-state index is 6.29. The van der Waals surface area contributed by atoms with Gasteiger partial charge in [0.05, 0.1) is 21.2 Å². The summed E-state index contributed by atoms with van der Waals surface area (Å²) < 4.78 is 2.87. The van der Waals surface area contributed by atoms with Crippen molar-refractivity contribution in [3.05, 3.63) is 50.0 Å². The summed E-state index contributed by atoms with van der Waals surface area (Å²) in [6, 6.07) is 11.3. The van der Waals surface area contributed by atoms with Crippen molar-refractivity contribution in [2.75, 3.05) is 5.73 Å². The van der Waals surface area contributed by atoms with Crippen molar-refractivity contribution >= 4 is 62.8 Å². The number of nitrogens with two attached hydrogens (primary N) is 1. The molecule has 1 aromatic heterocycles. The van der Waals surface area contributed by atoms with Crippen LogP contribution in [0.15, 0.2) is 36.4 Å². The van der Waals surface area contributed by atoms with Crippen LogP contribution in [0.4, 0.5) is 5.95 Å². The van der Waals surface area contributed by atoms with Gasteiger partial charge in [0.25, 0.3) is 0 Å². The number of imidazole rings is 1. The summed E-state index contributed by atoms with van der Waals surface area (Å²) in [6.07, 6.45) is 0. The SMILES string of the molecule is Nc1nc2c(Cl)cccc2n1-c1ccc(I)cc1Cl. The number of aromatic nitrogens is 2. The van der Waals surface area contributed by atoms with Crippen LogP contribution >= 0.6 is 45.8 Å². The molecule has 0 amide bonds. The number of hydrogen-bond donors (Lipinski definition) is 1. The molecule has 0 saturated heterocycles. The minimum absolute atomic E-state index is 0.367. The van der Waals surface area contributed by atoms with E-state index in [0.717, 1.165) is 14.8 Å². The predicted octanol–water partition coefficient (Wildman–Crippen LogP) is 4.52. The average Bonchev–Trinajstić information content (AvgIpc) is 2.68. The first-order valence-electron chi connectivity index (χ1n) is 5.46. The zero-order valence-corrected chi connectivity index (χ0v) is 13.2. The fraction of sp³-hybridized carbons (Fsp3) is 0. The highest BCUT2D eigenvalue weighted by molar-refractivity contribution is 14.1. The molecule has 0 radical (unpaired) electrons. The van der Waals surface area contributed by atoms with Gasteiger partial charge in [-0.05, 0) is 52.9 Å². The summed E-state index contributed by atoms with van der Waals surface area (Å²) in [5.41, 5.74) is 8.31. The normalized spacial score (nSPS) is 11.1. The van der Waals surface area contributed by atoms with Crippen LogP contribution in [0.3, 0.4) is 0 Å². The largest absolute Gasteiger partial charge is 0.369 e. The van der Waals surface area contributed by atoms with Gasteiger partial charge in [0.2, 0.25) is 5.95 Å². The van der Waals surface area contributed by atoms with Gasteiger partial charge in [-0.25, -0.2) is 4.98 Å². The summed E-state index contributed by atoms with van der Waals surface area (Å²) in [4.78, 5) is 4.30. The third kappa shape index (κ3) is 2.17. The maximum absolute atomic E-state index is 6.29. The lowest BCUT2D eigenvalue weighted by Gasteiger charge is -2.09. The second-order valence-electron chi connectivity index (χ2n) is 4.01. The van der Waals surface area contributed by atoms with Crippen LogP contribution in [-0.4, -0.2) is 9.55 Å². The molecule has 3 nitrogen and oxygen atoms in total. The number of nitrogens with zero attached hydrogens (tertiary/aromatic N) is 2. The van der Waals surface area contributed by atoms with Crippen molar-refractivity contribution in [1.29, 1.82) is 0 Å². The highest BCUT2D eigenvalue weighted by Crippen LogP contribution is 2.31. The molecule has 2 N–H and O–H groups in total. The minimum atomic E-state index is 0.367. The van der Waals surface area contributed by atoms with Crippen LogP contribution in [0.1, 0.15) is 0 Å². The lowest BCUT2D eigenvalue weighted by molar-refractivity contribution is 1.11. The number of halogens is 3. The first-order valence-corrected chi connectivity index (χ1v) is 7.29. The van der Waals surface area contributed by atoms with Gasteiger partial charge in [-0.1, -0.05) is 29.3 Å². The Labute approximate surface area is 133 Å². The molecule has 0 aliphatic carbocycles. The van der Waals surface area contributed by atoms with E-state index in [2.05, 4.69) is 27.6 Å². The number of para-hydroxylation sites is 1. The van der Waals surface area contributed by atoms with Gasteiger partial charge in [0, 0.05) is 3.57 Å². The van der Waals surface area contributed by atoms with Crippen LogP contribution in [-0.2, 0) is 0 Å². The van der Waals surface area contributed by atoms with Crippen molar-refractivity contribution < 1.29 is 0 Å². The number of fused-ring (bicyclic) bond motifs is 1. The van der Waals surface area contributed by atoms with Crippen LogP contribution in [0, 0.1) is 3.57 Å². The van der Waals surface area contributed by atoms with Gasteiger partial charge in [-0.15, -0.1) is 0 Å². The highest BCUT2D eigenvalue weighted by Gasteiger charge is 2.14. The lowest BCUT2D eigenvalue weighted by atomic mass is 10.3. The molecule has 0 fully saturated rings. The zero-order chi connectivity index (χ0) is 13.6. The zero-order valence-electron chi connectivity index (χ0n) is 9.57. The Morgan fingerprint density at radius 1 is 1.11 bits per heavy atom. The number of hydrogen-bond acceptors (Lipinski definition) is 2. The van der Waals surface area contributed by atoms with E-state index in [4.69, 9.17) is 28.9 Å². The molecule has 19 heavy (non-hydrogen) atoms. The third-order valence-electron chi connectivity index (χ3n) is 2.81. The van der Waals surface area contributed by atoms with Gasteiger partial charge >= 0.3 is 0 Å². The summed E-state index contributed by atoms with van der Waals surface area (Å²) in [5.74, 6) is 0.367. The van der Waals surface area contributed by atoms with Crippen LogP contribution < -0.4 is 5.73 Å². The highest BCUT2D eigenvalue weighted by atomic mass is 127. The maximum Gasteiger partial charge on any atom is 0.206 e. The van der Waals surface area contributed by atoms with E-state index < -0.39 is 0 Å². The van der Waals surface area contributed by atoms with Gasteiger partial charge in [-0.2, -0.15) is 0 Å². The fourth-order valence-electron chi connectivity index (χ4n) is 2.00. The molecule has 96 valence electrons. The standard InChI is InChI=1S/C13H8Cl2IN3/c14-8-2-1-3-11-12(8)18-13(17)19(11)10-5-4-7(16)6-9(10)15/h1-6H,(H2,17,18). The second kappa shape index (κ2) is 4.85. The molecule has 0 atom stereocenters. The number of nitrogen functional groups attached to an aromatic ring is 1. The van der Waals surface area contributed by atoms with E-state index >= 15 is 0 Å². The molecule has 6 heteroatoms. The van der Waals surface area contributed by atoms with E-state index in [1.807, 2.05) is 30.3 Å². The molecule has 1 heterocycles. The van der Waals surface area contributed by atoms with Gasteiger partial charge in [0.1, 0.15) is 5.52 Å². The van der Waals surface area contributed by atoms with Crippen molar-refractivity contribution in [2.45, 2.75) is 0 Å². The van der Waals surface area contributed by atoms with Gasteiger partial charge in [0.15, 0.2) is 0 Å². The van der Waals surface area contributed by atoms with Crippen LogP contribution in [0.25, 0.3) is 16.7 Å². The topological polar surface area (TPSA) is 43.8 Å². The molecule has 0 spiro atoms. The Bertz CT molecular complexity index is 783. The minimum Gasteiger partial charge on any atom is -0.369 e. The van der Waals surface area contributed by atoms with Crippen molar-refractivity contribution in [3.63, 3.8) is 0 Å². The predicted molar refractivity (Wildman–Crippen MR) is 88.2 cm³/mol. The van der Waals surface area contributed by atoms with Gasteiger partial charge in [-0.3, -0.25) is 4.57 Å². The molecule has 0 aliphatic rings. The molecule has 0 unspecified atom stereocenters. The van der Waals surface area contributed by atoms with E-state index in [9.17, 15) is 0 Å². The molecule has 0 saturated carbocycles. The Kier molecular flexibility index (Phi) is 3.32. The molecular weight excluding hydrogens is 396 g/mol. The Balaban J connectivity index is 2.36. The van der Waals surface area contributed by atoms with Gasteiger partial charge < -0.3 is 5.73 Å². The average molecular weight is 404 g/mol. The first kappa shape index (κ1) is 13.0. The quantitative estimate of drug-likeness (QED) is 0.607. The second-order valence-corrected chi connectivity index (χ2v) is 6.07. The summed E-state index contributed by atoms with van der Waals surface area (Å²) >= 11 is 14.6. The smallest absolute Gasteiger partial charge is 0.206 e. The third-order valence-corrected chi connectivity index (χ3v) is 4.09. The van der Waals surface area contributed by atoms with E-state index in [-0.39, 0.29) is 0 Å². The summed E-state index contributed by atoms with van der Waals surface area (Å²) in [5, 5.41) is 1.20. The van der Waals surface area contributed by atoms with E-state index in [1.54, 1.807) is 10.6 Å². The first-order chi connectivity index (χ1) is 9.08. The molecule has 3 rings (SSSR count). The van der Waals surface area contributed by atoms with Crippen molar-refractivity contribution in [1.82, 2.24) is 9.55 Å². The fourth-order valence-corrected chi connectivity index (χ4v) is 3.15. The van der Waals surface area contributed by atoms with Crippen LogP contribution in [0.2, 0.25) is 10.0 Å². The molecule has 0 bridgehead atoms. The molecular formula is C13H8Cl2IN3. The summed E-state index contributed by atoms with van der Waals surface area (Å²) in [7, 11) is 0. The Morgan fingerprint density at radius 2 is 1.89 bits per heavy atom. The van der Waals surface area contributed by atoms with E-state index in [0.29, 0.717) is 21.5 Å². The number of rotatable bonds is 1. The van der Waals surface area contributed by atoms with E-state index in [1.165, 1.54) is 0 Å². The van der Waals surface area contributed by atoms with Crippen molar-refractivity contribution in [3.8, 4) is 5.69 Å². The molecule has 0 aliphatic heterocycles. The lowest BCUT2D eigenvalue weighted by Crippen LogP contribution is -2.01. The summed E-state index contributed by atoms with van der Waals surface area (Å²) in [6.45, 7) is 0. The number of anilines is 1. The number of benzene rings is 2.